The van der Waals surface area contributed by atoms with Crippen molar-refractivity contribution in [3.8, 4) is 0 Å². The van der Waals surface area contributed by atoms with E-state index >= 15 is 0 Å². The van der Waals surface area contributed by atoms with Crippen molar-refractivity contribution in [3.05, 3.63) is 78.1 Å². The minimum Gasteiger partial charge on any atom is -0.342 e. The summed E-state index contributed by atoms with van der Waals surface area (Å²) in [5.74, 6) is 1.16. The maximum absolute atomic E-state index is 4.27. The summed E-state index contributed by atoms with van der Waals surface area (Å²) in [4.78, 5) is 0. The van der Waals surface area contributed by atoms with Crippen LogP contribution < -0.4 is 0 Å². The molecule has 0 aromatic heterocycles. The average molecular weight is 446 g/mol. The Bertz CT molecular complexity index is 201. The van der Waals surface area contributed by atoms with E-state index in [0.717, 1.165) is 0 Å². The smallest absolute Gasteiger partial charge is 0.342 e. The molecule has 150 valence electrons. The normalized spacial score (nSPS) is 17.8. The molecular formula is C26H42Zr. The predicted octanol–water partition coefficient (Wildman–Crippen LogP) is 7.87. The Morgan fingerprint density at radius 3 is 0.963 bits per heavy atom. The van der Waals surface area contributed by atoms with Gasteiger partial charge in [-0.1, -0.05) is 78.1 Å². The summed E-state index contributed by atoms with van der Waals surface area (Å²) >= 11 is 0. The van der Waals surface area contributed by atoms with Crippen LogP contribution in [0.1, 0.15) is 78.1 Å². The van der Waals surface area contributed by atoms with Crippen molar-refractivity contribution >= 4 is 0 Å². The summed E-state index contributed by atoms with van der Waals surface area (Å²) < 4.78 is 0. The van der Waals surface area contributed by atoms with Gasteiger partial charge in [0.05, 0.1) is 0 Å². The molecule has 0 N–H and O–H groups in total. The second kappa shape index (κ2) is 24.9. The zero-order valence-electron chi connectivity index (χ0n) is 17.9. The third kappa shape index (κ3) is 23.0. The van der Waals surface area contributed by atoms with Gasteiger partial charge in [0.2, 0.25) is 0 Å². The van der Waals surface area contributed by atoms with Crippen molar-refractivity contribution in [1.82, 2.24) is 0 Å². The van der Waals surface area contributed by atoms with Crippen molar-refractivity contribution in [1.29, 1.82) is 0 Å². The Morgan fingerprint density at radius 1 is 0.481 bits per heavy atom. The molecule has 2 fully saturated rings. The van der Waals surface area contributed by atoms with Crippen molar-refractivity contribution in [3.63, 3.8) is 0 Å². The second-order valence-corrected chi connectivity index (χ2v) is 7.14. The van der Waals surface area contributed by atoms with Gasteiger partial charge in [-0.05, 0) is 64.2 Å². The number of rotatable bonds is 11. The number of hydrogen-bond donors (Lipinski definition) is 0. The van der Waals surface area contributed by atoms with E-state index in [-0.39, 0.29) is 26.2 Å². The van der Waals surface area contributed by atoms with Crippen LogP contribution >= 0.6 is 0 Å². The molecule has 0 aromatic carbocycles. The van der Waals surface area contributed by atoms with Crippen LogP contribution in [0.25, 0.3) is 0 Å². The SMILES string of the molecule is [CH2-][C@@H](CCCCCC)[C@@H]([CH2-])CCCCCC.[CH]1[CH][CH][CH][CH]1.[CH]1[CH][CH][CH][CH]1.[Zr+2]. The standard InChI is InChI=1S/C16H32.2C5H5.Zr/c1-5-7-9-11-13-15(3)16(4)14-12-10-8-6-2;2*1-2-4-5-3-1;/h15-16H,3-14H2,1-2H3;2*1-5H;/q-2;;;+2/t15-,16-;;;/m0.../s1. The van der Waals surface area contributed by atoms with E-state index in [1.807, 2.05) is 64.2 Å². The molecule has 0 aromatic rings. The number of hydrogen-bond acceptors (Lipinski definition) is 0. The van der Waals surface area contributed by atoms with E-state index in [1.165, 1.54) is 64.2 Å². The van der Waals surface area contributed by atoms with Gasteiger partial charge in [-0.25, -0.2) is 0 Å². The summed E-state index contributed by atoms with van der Waals surface area (Å²) in [5.41, 5.74) is 0. The van der Waals surface area contributed by atoms with Crippen molar-refractivity contribution in [2.75, 3.05) is 0 Å². The molecular weight excluding hydrogens is 404 g/mol. The van der Waals surface area contributed by atoms with Crippen molar-refractivity contribution < 1.29 is 26.2 Å². The molecule has 27 heavy (non-hydrogen) atoms. The van der Waals surface area contributed by atoms with Crippen LogP contribution in [0.5, 0.6) is 0 Å². The average Bonchev–Trinajstić information content (AvgIpc) is 3.39. The first-order chi connectivity index (χ1) is 12.7. The van der Waals surface area contributed by atoms with Gasteiger partial charge in [-0.15, -0.1) is 0 Å². The van der Waals surface area contributed by atoms with Gasteiger partial charge < -0.3 is 13.8 Å². The largest absolute Gasteiger partial charge is 2.00 e. The minimum atomic E-state index is 0. The van der Waals surface area contributed by atoms with E-state index in [4.69, 9.17) is 0 Å². The van der Waals surface area contributed by atoms with Crippen molar-refractivity contribution in [2.45, 2.75) is 78.1 Å². The molecule has 2 saturated carbocycles. The molecule has 0 saturated heterocycles. The first-order valence-corrected chi connectivity index (χ1v) is 10.7. The van der Waals surface area contributed by atoms with Crippen LogP contribution in [0.2, 0.25) is 0 Å². The van der Waals surface area contributed by atoms with Crippen molar-refractivity contribution in [2.24, 2.45) is 11.8 Å². The first-order valence-electron chi connectivity index (χ1n) is 10.7. The van der Waals surface area contributed by atoms with Crippen LogP contribution in [0.15, 0.2) is 0 Å². The third-order valence-corrected chi connectivity index (χ3v) is 4.63. The van der Waals surface area contributed by atoms with E-state index in [0.29, 0.717) is 11.8 Å². The molecule has 10 radical (unpaired) electrons. The maximum Gasteiger partial charge on any atom is 2.00 e. The Kier molecular flexibility index (Phi) is 27.8. The first kappa shape index (κ1) is 30.1. The fraction of sp³-hybridized carbons (Fsp3) is 0.538. The molecule has 0 spiro atoms. The summed E-state index contributed by atoms with van der Waals surface area (Å²) in [7, 11) is 0. The van der Waals surface area contributed by atoms with Crippen LogP contribution in [-0.4, -0.2) is 0 Å². The Labute approximate surface area is 193 Å². The third-order valence-electron chi connectivity index (χ3n) is 4.63. The zero-order chi connectivity index (χ0) is 19.3. The fourth-order valence-electron chi connectivity index (χ4n) is 2.78. The molecule has 1 heteroatoms. The fourth-order valence-corrected chi connectivity index (χ4v) is 2.78. The molecule has 2 aliphatic carbocycles. The Balaban J connectivity index is 0. The van der Waals surface area contributed by atoms with Gasteiger partial charge in [0, 0.05) is 0 Å². The summed E-state index contributed by atoms with van der Waals surface area (Å²) in [6, 6.07) is 0. The monoisotopic (exact) mass is 444 g/mol. The molecule has 0 amide bonds. The quantitative estimate of drug-likeness (QED) is 0.224. The predicted molar refractivity (Wildman–Crippen MR) is 118 cm³/mol. The van der Waals surface area contributed by atoms with Crippen LogP contribution in [0.4, 0.5) is 0 Å². The summed E-state index contributed by atoms with van der Waals surface area (Å²) in [6.07, 6.45) is 33.4. The topological polar surface area (TPSA) is 0 Å². The Hall–Kier alpha value is 0.883. The maximum atomic E-state index is 4.27. The van der Waals surface area contributed by atoms with E-state index in [1.54, 1.807) is 0 Å². The van der Waals surface area contributed by atoms with Crippen LogP contribution in [0.3, 0.4) is 0 Å². The van der Waals surface area contributed by atoms with Crippen LogP contribution in [-0.2, 0) is 26.2 Å². The summed E-state index contributed by atoms with van der Waals surface area (Å²) in [5, 5.41) is 0. The van der Waals surface area contributed by atoms with E-state index in [2.05, 4.69) is 27.7 Å². The van der Waals surface area contributed by atoms with Gasteiger partial charge in [-0.2, -0.15) is 11.8 Å². The second-order valence-electron chi connectivity index (χ2n) is 7.14. The Morgan fingerprint density at radius 2 is 0.741 bits per heavy atom. The van der Waals surface area contributed by atoms with Gasteiger partial charge >= 0.3 is 26.2 Å². The van der Waals surface area contributed by atoms with E-state index in [9.17, 15) is 0 Å². The molecule has 2 atom stereocenters. The van der Waals surface area contributed by atoms with Gasteiger partial charge in [0.15, 0.2) is 0 Å². The van der Waals surface area contributed by atoms with Gasteiger partial charge in [-0.3, -0.25) is 0 Å². The molecule has 0 heterocycles. The van der Waals surface area contributed by atoms with E-state index < -0.39 is 0 Å². The van der Waals surface area contributed by atoms with Gasteiger partial charge in [0.25, 0.3) is 0 Å². The van der Waals surface area contributed by atoms with Gasteiger partial charge in [0.1, 0.15) is 0 Å². The van der Waals surface area contributed by atoms with Crippen LogP contribution in [0, 0.1) is 89.9 Å². The molecule has 2 rings (SSSR count). The molecule has 0 bridgehead atoms. The zero-order valence-corrected chi connectivity index (χ0v) is 20.4. The molecule has 0 unspecified atom stereocenters. The minimum absolute atomic E-state index is 0. The molecule has 0 aliphatic heterocycles. The molecule has 0 nitrogen and oxygen atoms in total. The summed E-state index contributed by atoms with van der Waals surface area (Å²) in [6.45, 7) is 13.1. The number of unbranched alkanes of at least 4 members (excludes halogenated alkanes) is 6. The molecule has 2 aliphatic rings.